The van der Waals surface area contributed by atoms with Gasteiger partial charge < -0.3 is 4.74 Å². The quantitative estimate of drug-likeness (QED) is 0.487. The van der Waals surface area contributed by atoms with Crippen LogP contribution in [0.15, 0.2) is 30.3 Å². The Morgan fingerprint density at radius 3 is 2.47 bits per heavy atom. The molecule has 2 bridgehead atoms. The van der Waals surface area contributed by atoms with Crippen LogP contribution in [0.5, 0.6) is 0 Å². The van der Waals surface area contributed by atoms with Gasteiger partial charge >= 0.3 is 0 Å². The zero-order valence-electron chi connectivity index (χ0n) is 20.2. The molecule has 0 heterocycles. The molecule has 3 nitrogen and oxygen atoms in total. The minimum absolute atomic E-state index is 0.0430. The van der Waals surface area contributed by atoms with E-state index >= 15 is 0 Å². The van der Waals surface area contributed by atoms with Crippen LogP contribution in [0.3, 0.4) is 0 Å². The molecule has 0 aromatic heterocycles. The largest absolute Gasteiger partial charge is 0.376 e. The summed E-state index contributed by atoms with van der Waals surface area (Å²) in [6.07, 6.45) is 5.66. The van der Waals surface area contributed by atoms with Gasteiger partial charge in [0.2, 0.25) is 0 Å². The average Bonchev–Trinajstić information content (AvgIpc) is 3.01. The Bertz CT molecular complexity index is 726. The second-order valence-corrected chi connectivity index (χ2v) is 12.9. The number of benzene rings is 1. The zero-order valence-corrected chi connectivity index (χ0v) is 21.0. The average molecular weight is 434 g/mol. The number of ether oxygens (including phenoxy) is 1. The number of hydrogen-bond acceptors (Lipinski definition) is 2. The van der Waals surface area contributed by atoms with E-state index in [0.717, 1.165) is 25.7 Å². The Kier molecular flexibility index (Phi) is 7.21. The van der Waals surface area contributed by atoms with Gasteiger partial charge in [0.25, 0.3) is 0 Å². The van der Waals surface area contributed by atoms with Gasteiger partial charge in [-0.3, -0.25) is 0 Å². The van der Waals surface area contributed by atoms with Crippen molar-refractivity contribution in [2.75, 3.05) is 6.61 Å². The molecule has 0 spiro atoms. The number of nitrogens with one attached hydrogen (secondary N) is 1. The molecule has 2 fully saturated rings. The van der Waals surface area contributed by atoms with E-state index in [1.807, 2.05) is 6.07 Å². The normalized spacial score (nSPS) is 32.3. The molecule has 4 heteroatoms. The number of unbranched alkanes of at least 4 members (excludes halogenated alkanes) is 1. The SMILES string of the molecule is CCCC[C@H](N[S@](=O)[C@@H]1[C@H]2CC[C@@](C)([C@@H]1OCC(C)(C)C)C2(C)C)c1ccccc1. The fourth-order valence-electron chi connectivity index (χ4n) is 5.71. The molecule has 2 saturated carbocycles. The Hall–Kier alpha value is -0.710. The maximum absolute atomic E-state index is 13.9. The first-order valence-corrected chi connectivity index (χ1v) is 13.1. The first kappa shape index (κ1) is 23.9. The summed E-state index contributed by atoms with van der Waals surface area (Å²) in [5.41, 5.74) is 1.56. The molecule has 0 unspecified atom stereocenters. The van der Waals surface area contributed by atoms with Gasteiger partial charge in [-0.1, -0.05) is 91.6 Å². The lowest BCUT2D eigenvalue weighted by Gasteiger charge is -2.41. The fourth-order valence-corrected chi connectivity index (χ4v) is 7.77. The molecule has 30 heavy (non-hydrogen) atoms. The van der Waals surface area contributed by atoms with Crippen molar-refractivity contribution in [2.24, 2.45) is 22.2 Å². The summed E-state index contributed by atoms with van der Waals surface area (Å²) in [6.45, 7) is 16.7. The Balaban J connectivity index is 1.84. The van der Waals surface area contributed by atoms with Crippen LogP contribution < -0.4 is 4.72 Å². The molecule has 1 N–H and O–H groups in total. The molecular weight excluding hydrogens is 390 g/mol. The second-order valence-electron chi connectivity index (χ2n) is 11.6. The van der Waals surface area contributed by atoms with Crippen molar-refractivity contribution in [3.8, 4) is 0 Å². The van der Waals surface area contributed by atoms with Crippen LogP contribution >= 0.6 is 0 Å². The van der Waals surface area contributed by atoms with E-state index in [9.17, 15) is 4.21 Å². The van der Waals surface area contributed by atoms with Crippen molar-refractivity contribution in [1.29, 1.82) is 0 Å². The first-order chi connectivity index (χ1) is 14.0. The van der Waals surface area contributed by atoms with Gasteiger partial charge in [0, 0.05) is 11.5 Å². The monoisotopic (exact) mass is 433 g/mol. The molecule has 3 rings (SSSR count). The van der Waals surface area contributed by atoms with Gasteiger partial charge in [-0.2, -0.15) is 0 Å². The van der Waals surface area contributed by atoms with Gasteiger partial charge in [-0.05, 0) is 41.6 Å². The Labute approximate surface area is 187 Å². The van der Waals surface area contributed by atoms with Gasteiger partial charge in [0.15, 0.2) is 0 Å². The first-order valence-electron chi connectivity index (χ1n) is 11.8. The highest BCUT2D eigenvalue weighted by molar-refractivity contribution is 7.83. The third-order valence-electron chi connectivity index (χ3n) is 7.95. The molecular formula is C26H43NO2S. The molecule has 2 aliphatic carbocycles. The van der Waals surface area contributed by atoms with Crippen LogP contribution in [0.25, 0.3) is 0 Å². The molecule has 0 aliphatic heterocycles. The molecule has 0 amide bonds. The summed E-state index contributed by atoms with van der Waals surface area (Å²) < 4.78 is 24.0. The van der Waals surface area contributed by atoms with Crippen LogP contribution in [-0.2, 0) is 15.7 Å². The van der Waals surface area contributed by atoms with E-state index in [2.05, 4.69) is 77.5 Å². The summed E-state index contributed by atoms with van der Waals surface area (Å²) >= 11 is 0. The van der Waals surface area contributed by atoms with Gasteiger partial charge in [0.1, 0.15) is 0 Å². The van der Waals surface area contributed by atoms with Crippen molar-refractivity contribution < 1.29 is 8.95 Å². The molecule has 2 aliphatic rings. The van der Waals surface area contributed by atoms with Crippen LogP contribution in [0, 0.1) is 22.2 Å². The van der Waals surface area contributed by atoms with Crippen LogP contribution in [0.4, 0.5) is 0 Å². The van der Waals surface area contributed by atoms with E-state index in [1.165, 1.54) is 12.0 Å². The minimum atomic E-state index is -1.13. The Morgan fingerprint density at radius 1 is 1.20 bits per heavy atom. The van der Waals surface area contributed by atoms with E-state index in [1.54, 1.807) is 0 Å². The lowest BCUT2D eigenvalue weighted by atomic mass is 9.70. The fraction of sp³-hybridized carbons (Fsp3) is 0.769. The van der Waals surface area contributed by atoms with Gasteiger partial charge in [0.05, 0.1) is 28.9 Å². The van der Waals surface area contributed by atoms with Crippen LogP contribution in [0.2, 0.25) is 0 Å². The standard InChI is InChI=1S/C26H43NO2S/c1-8-9-15-21(19-13-11-10-12-14-19)27-30(28)22-20-16-17-26(7,25(20,5)6)23(22)29-18-24(2,3)4/h10-14,20-23,27H,8-9,15-18H2,1-7H3/t20-,21+,22-,23-,26+,30-/m1/s1. The number of fused-ring (bicyclic) bond motifs is 2. The van der Waals surface area contributed by atoms with Crippen molar-refractivity contribution in [2.45, 2.75) is 98.0 Å². The minimum Gasteiger partial charge on any atom is -0.376 e. The highest BCUT2D eigenvalue weighted by atomic mass is 32.2. The maximum atomic E-state index is 13.9. The molecule has 6 atom stereocenters. The highest BCUT2D eigenvalue weighted by Gasteiger charge is 2.68. The van der Waals surface area contributed by atoms with Crippen molar-refractivity contribution >= 4 is 11.0 Å². The summed E-state index contributed by atoms with van der Waals surface area (Å²) in [4.78, 5) is 0. The third kappa shape index (κ3) is 4.56. The van der Waals surface area contributed by atoms with Crippen molar-refractivity contribution in [1.82, 2.24) is 4.72 Å². The molecule has 0 saturated heterocycles. The lowest BCUT2D eigenvalue weighted by Crippen LogP contribution is -2.47. The van der Waals surface area contributed by atoms with Crippen LogP contribution in [-0.4, -0.2) is 22.2 Å². The number of hydrogen-bond donors (Lipinski definition) is 1. The molecule has 1 aromatic carbocycles. The van der Waals surface area contributed by atoms with E-state index in [0.29, 0.717) is 12.5 Å². The summed E-state index contributed by atoms with van der Waals surface area (Å²) in [5, 5.41) is 0.0499. The molecule has 0 radical (unpaired) electrons. The predicted molar refractivity (Wildman–Crippen MR) is 128 cm³/mol. The second kappa shape index (κ2) is 9.03. The van der Waals surface area contributed by atoms with Gasteiger partial charge in [-0.15, -0.1) is 0 Å². The van der Waals surface area contributed by atoms with Crippen molar-refractivity contribution in [3.05, 3.63) is 35.9 Å². The smallest absolute Gasteiger partial charge is 0.0982 e. The summed E-state index contributed by atoms with van der Waals surface area (Å²) in [7, 11) is -1.13. The van der Waals surface area contributed by atoms with Gasteiger partial charge in [-0.25, -0.2) is 8.93 Å². The lowest BCUT2D eigenvalue weighted by molar-refractivity contribution is -0.0675. The highest BCUT2D eigenvalue weighted by Crippen LogP contribution is 2.67. The third-order valence-corrected chi connectivity index (χ3v) is 9.53. The van der Waals surface area contributed by atoms with Crippen molar-refractivity contribution in [3.63, 3.8) is 0 Å². The maximum Gasteiger partial charge on any atom is 0.0982 e. The summed E-state index contributed by atoms with van der Waals surface area (Å²) in [6, 6.07) is 10.7. The summed E-state index contributed by atoms with van der Waals surface area (Å²) in [5.74, 6) is 0.434. The molecule has 170 valence electrons. The predicted octanol–water partition coefficient (Wildman–Crippen LogP) is 6.43. The van der Waals surface area contributed by atoms with E-state index in [-0.39, 0.29) is 33.6 Å². The Morgan fingerprint density at radius 2 is 1.87 bits per heavy atom. The number of rotatable bonds is 9. The van der Waals surface area contributed by atoms with E-state index in [4.69, 9.17) is 4.74 Å². The van der Waals surface area contributed by atoms with E-state index < -0.39 is 11.0 Å². The zero-order chi connectivity index (χ0) is 22.2. The molecule has 1 aromatic rings. The topological polar surface area (TPSA) is 38.3 Å². The van der Waals surface area contributed by atoms with Crippen LogP contribution in [0.1, 0.15) is 92.2 Å².